The molecule has 1 aromatic rings. The fourth-order valence-corrected chi connectivity index (χ4v) is 1.41. The summed E-state index contributed by atoms with van der Waals surface area (Å²) in [4.78, 5) is 0. The Hall–Kier alpha value is -1.18. The number of hydrogen-bond acceptors (Lipinski definition) is 2. The summed E-state index contributed by atoms with van der Waals surface area (Å²) < 4.78 is 10.9. The van der Waals surface area contributed by atoms with Crippen molar-refractivity contribution >= 4 is 0 Å². The van der Waals surface area contributed by atoms with Crippen LogP contribution in [0.5, 0.6) is 11.5 Å². The minimum atomic E-state index is 0.742. The number of hydrogen-bond donors (Lipinski definition) is 0. The first-order chi connectivity index (χ1) is 7.24. The van der Waals surface area contributed by atoms with E-state index in [-0.39, 0.29) is 0 Å². The summed E-state index contributed by atoms with van der Waals surface area (Å²) in [7, 11) is 1.66. The van der Waals surface area contributed by atoms with Gasteiger partial charge >= 0.3 is 0 Å². The van der Waals surface area contributed by atoms with Gasteiger partial charge in [0.25, 0.3) is 0 Å². The van der Waals surface area contributed by atoms with Crippen LogP contribution in [0.4, 0.5) is 0 Å². The van der Waals surface area contributed by atoms with Gasteiger partial charge < -0.3 is 9.47 Å². The molecule has 0 aliphatic rings. The highest BCUT2D eigenvalue weighted by Gasteiger charge is 2.02. The molecule has 0 radical (unpaired) electrons. The number of ether oxygens (including phenoxy) is 2. The topological polar surface area (TPSA) is 18.5 Å². The second kappa shape index (κ2) is 6.33. The van der Waals surface area contributed by atoms with Gasteiger partial charge in [-0.05, 0) is 30.9 Å². The van der Waals surface area contributed by atoms with Crippen molar-refractivity contribution in [3.05, 3.63) is 24.3 Å². The van der Waals surface area contributed by atoms with Crippen LogP contribution in [0.25, 0.3) is 0 Å². The third-order valence-corrected chi connectivity index (χ3v) is 2.25. The summed E-state index contributed by atoms with van der Waals surface area (Å²) in [5.41, 5.74) is 0. The van der Waals surface area contributed by atoms with Gasteiger partial charge in [-0.25, -0.2) is 0 Å². The van der Waals surface area contributed by atoms with Crippen LogP contribution >= 0.6 is 0 Å². The molecular formula is C13H20O2. The second-order valence-electron chi connectivity index (χ2n) is 4.04. The van der Waals surface area contributed by atoms with E-state index >= 15 is 0 Å². The van der Waals surface area contributed by atoms with Crippen LogP contribution in [0.2, 0.25) is 0 Å². The fourth-order valence-electron chi connectivity index (χ4n) is 1.41. The lowest BCUT2D eigenvalue weighted by atomic mass is 10.1. The molecule has 2 heteroatoms. The van der Waals surface area contributed by atoms with E-state index in [0.717, 1.165) is 30.4 Å². The van der Waals surface area contributed by atoms with E-state index < -0.39 is 0 Å². The van der Waals surface area contributed by atoms with Crippen molar-refractivity contribution in [1.29, 1.82) is 0 Å². The maximum absolute atomic E-state index is 5.65. The molecule has 0 amide bonds. The molecular weight excluding hydrogens is 188 g/mol. The van der Waals surface area contributed by atoms with E-state index in [0.29, 0.717) is 0 Å². The molecule has 0 aliphatic carbocycles. The zero-order valence-corrected chi connectivity index (χ0v) is 9.82. The molecule has 0 atom stereocenters. The van der Waals surface area contributed by atoms with Crippen LogP contribution < -0.4 is 9.47 Å². The Morgan fingerprint density at radius 1 is 1.13 bits per heavy atom. The number of para-hydroxylation sites is 2. The van der Waals surface area contributed by atoms with E-state index in [1.165, 1.54) is 6.42 Å². The van der Waals surface area contributed by atoms with Crippen molar-refractivity contribution in [2.75, 3.05) is 13.7 Å². The molecule has 0 N–H and O–H groups in total. The Kier molecular flexibility index (Phi) is 5.02. The van der Waals surface area contributed by atoms with Crippen LogP contribution in [-0.2, 0) is 0 Å². The molecule has 0 aromatic heterocycles. The Morgan fingerprint density at radius 3 is 2.40 bits per heavy atom. The molecule has 0 saturated carbocycles. The van der Waals surface area contributed by atoms with Crippen molar-refractivity contribution < 1.29 is 9.47 Å². The van der Waals surface area contributed by atoms with Crippen LogP contribution in [0.15, 0.2) is 24.3 Å². The standard InChI is InChI=1S/C13H20O2/c1-11(2)7-6-10-15-13-9-5-4-8-12(13)14-3/h4-5,8-9,11H,6-7,10H2,1-3H3. The smallest absolute Gasteiger partial charge is 0.161 e. The van der Waals surface area contributed by atoms with Gasteiger partial charge in [-0.3, -0.25) is 0 Å². The van der Waals surface area contributed by atoms with Crippen molar-refractivity contribution in [2.45, 2.75) is 26.7 Å². The van der Waals surface area contributed by atoms with E-state index in [2.05, 4.69) is 13.8 Å². The summed E-state index contributed by atoms with van der Waals surface area (Å²) in [6, 6.07) is 7.76. The molecule has 1 rings (SSSR count). The molecule has 0 bridgehead atoms. The van der Waals surface area contributed by atoms with Crippen LogP contribution in [0.1, 0.15) is 26.7 Å². The summed E-state index contributed by atoms with van der Waals surface area (Å²) >= 11 is 0. The third-order valence-electron chi connectivity index (χ3n) is 2.25. The third kappa shape index (κ3) is 4.24. The summed E-state index contributed by atoms with van der Waals surface area (Å²) in [6.45, 7) is 5.21. The molecule has 2 nitrogen and oxygen atoms in total. The SMILES string of the molecule is COc1ccccc1OCCCC(C)C. The Balaban J connectivity index is 2.36. The summed E-state index contributed by atoms with van der Waals surface area (Å²) in [6.07, 6.45) is 2.30. The largest absolute Gasteiger partial charge is 0.493 e. The maximum Gasteiger partial charge on any atom is 0.161 e. The fraction of sp³-hybridized carbons (Fsp3) is 0.538. The van der Waals surface area contributed by atoms with Gasteiger partial charge in [-0.2, -0.15) is 0 Å². The van der Waals surface area contributed by atoms with E-state index in [9.17, 15) is 0 Å². The first-order valence-electron chi connectivity index (χ1n) is 5.50. The molecule has 0 spiro atoms. The minimum absolute atomic E-state index is 0.742. The van der Waals surface area contributed by atoms with Gasteiger partial charge in [-0.1, -0.05) is 26.0 Å². The molecule has 1 aromatic carbocycles. The Morgan fingerprint density at radius 2 is 1.80 bits per heavy atom. The summed E-state index contributed by atoms with van der Waals surface area (Å²) in [5, 5.41) is 0. The van der Waals surface area contributed by atoms with Gasteiger partial charge in [0.15, 0.2) is 11.5 Å². The molecule has 0 aliphatic heterocycles. The van der Waals surface area contributed by atoms with Gasteiger partial charge in [0.2, 0.25) is 0 Å². The quantitative estimate of drug-likeness (QED) is 0.666. The van der Waals surface area contributed by atoms with Crippen molar-refractivity contribution in [3.63, 3.8) is 0 Å². The van der Waals surface area contributed by atoms with Gasteiger partial charge in [0.1, 0.15) is 0 Å². The highest BCUT2D eigenvalue weighted by Crippen LogP contribution is 2.25. The highest BCUT2D eigenvalue weighted by atomic mass is 16.5. The lowest BCUT2D eigenvalue weighted by Gasteiger charge is -2.10. The van der Waals surface area contributed by atoms with Gasteiger partial charge in [0, 0.05) is 0 Å². The van der Waals surface area contributed by atoms with Crippen LogP contribution in [-0.4, -0.2) is 13.7 Å². The van der Waals surface area contributed by atoms with E-state index in [1.807, 2.05) is 24.3 Å². The Bertz CT molecular complexity index is 282. The van der Waals surface area contributed by atoms with Crippen molar-refractivity contribution in [3.8, 4) is 11.5 Å². The first kappa shape index (κ1) is 11.9. The average Bonchev–Trinajstić information content (AvgIpc) is 2.24. The zero-order valence-electron chi connectivity index (χ0n) is 9.82. The number of benzene rings is 1. The van der Waals surface area contributed by atoms with Crippen molar-refractivity contribution in [1.82, 2.24) is 0 Å². The second-order valence-corrected chi connectivity index (χ2v) is 4.04. The molecule has 15 heavy (non-hydrogen) atoms. The zero-order chi connectivity index (χ0) is 11.1. The molecule has 0 unspecified atom stereocenters. The van der Waals surface area contributed by atoms with Crippen LogP contribution in [0.3, 0.4) is 0 Å². The number of methoxy groups -OCH3 is 1. The first-order valence-corrected chi connectivity index (χ1v) is 5.50. The van der Waals surface area contributed by atoms with E-state index in [4.69, 9.17) is 9.47 Å². The average molecular weight is 208 g/mol. The predicted octanol–water partition coefficient (Wildman–Crippen LogP) is 3.51. The van der Waals surface area contributed by atoms with Gasteiger partial charge in [0.05, 0.1) is 13.7 Å². The lowest BCUT2D eigenvalue weighted by molar-refractivity contribution is 0.280. The monoisotopic (exact) mass is 208 g/mol. The normalized spacial score (nSPS) is 10.4. The van der Waals surface area contributed by atoms with Crippen molar-refractivity contribution in [2.24, 2.45) is 5.92 Å². The molecule has 0 saturated heterocycles. The maximum atomic E-state index is 5.65. The lowest BCUT2D eigenvalue weighted by Crippen LogP contribution is -2.00. The van der Waals surface area contributed by atoms with Gasteiger partial charge in [-0.15, -0.1) is 0 Å². The van der Waals surface area contributed by atoms with E-state index in [1.54, 1.807) is 7.11 Å². The number of rotatable bonds is 6. The van der Waals surface area contributed by atoms with Crippen LogP contribution in [0, 0.1) is 5.92 Å². The molecule has 84 valence electrons. The molecule has 0 heterocycles. The summed E-state index contributed by atoms with van der Waals surface area (Å²) in [5.74, 6) is 2.39. The Labute approximate surface area is 92.2 Å². The predicted molar refractivity (Wildman–Crippen MR) is 62.6 cm³/mol. The highest BCUT2D eigenvalue weighted by molar-refractivity contribution is 5.39. The minimum Gasteiger partial charge on any atom is -0.493 e. The molecule has 0 fully saturated rings.